The largest absolute Gasteiger partial charge is 0.457 e. The summed E-state index contributed by atoms with van der Waals surface area (Å²) in [5.41, 5.74) is 11.2. The summed E-state index contributed by atoms with van der Waals surface area (Å²) in [5.74, 6) is 0.791. The third kappa shape index (κ3) is 5.87. The Morgan fingerprint density at radius 1 is 0.768 bits per heavy atom. The summed E-state index contributed by atoms with van der Waals surface area (Å²) >= 11 is 0. The predicted octanol–water partition coefficient (Wildman–Crippen LogP) is 4.47. The summed E-state index contributed by atoms with van der Waals surface area (Å²) in [6, 6.07) is 23.4. The number of amides is 3. The van der Waals surface area contributed by atoms with E-state index in [4.69, 9.17) is 15.6 Å². The van der Waals surface area contributed by atoms with E-state index in [1.165, 1.54) is 6.33 Å². The van der Waals surface area contributed by atoms with Gasteiger partial charge in [0.1, 0.15) is 35.4 Å². The Balaban J connectivity index is 0.739. The molecule has 56 heavy (non-hydrogen) atoms. The molecule has 5 aliphatic rings. The average Bonchev–Trinajstić information content (AvgIpc) is 3.68. The number of rotatable bonds is 8. The summed E-state index contributed by atoms with van der Waals surface area (Å²) in [5, 5.41) is 8.58. The van der Waals surface area contributed by atoms with Crippen LogP contribution in [0.25, 0.3) is 22.3 Å². The molecule has 14 nitrogen and oxygen atoms in total. The van der Waals surface area contributed by atoms with Crippen molar-refractivity contribution in [2.45, 2.75) is 49.9 Å². The number of carbonyl (C=O) groups is 3. The number of nitrogens with one attached hydrogen (secondary N) is 1. The second-order valence-corrected chi connectivity index (χ2v) is 15.5. The van der Waals surface area contributed by atoms with Crippen molar-refractivity contribution in [1.82, 2.24) is 39.8 Å². The number of para-hydroxylation sites is 1. The van der Waals surface area contributed by atoms with E-state index in [-0.39, 0.29) is 11.9 Å². The molecular weight excluding hydrogens is 709 g/mol. The molecule has 3 N–H and O–H groups in total. The SMILES string of the molecule is C=C1CCC(N2C(=O)c3ccc(N4CC(N5CC(N6CCC(n7nc(-c8ccc(Oc9ccccc9)cc8)c8c(N)ncnc87)CC6)C5)C4)cc3C2=O)C(=O)N1. The molecule has 5 aliphatic heterocycles. The van der Waals surface area contributed by atoms with Crippen LogP contribution in [-0.2, 0) is 4.79 Å². The quantitative estimate of drug-likeness (QED) is 0.216. The van der Waals surface area contributed by atoms with Crippen molar-refractivity contribution in [3.63, 3.8) is 0 Å². The van der Waals surface area contributed by atoms with Gasteiger partial charge in [-0.3, -0.25) is 29.1 Å². The highest BCUT2D eigenvalue weighted by Gasteiger charge is 2.46. The summed E-state index contributed by atoms with van der Waals surface area (Å²) < 4.78 is 8.07. The summed E-state index contributed by atoms with van der Waals surface area (Å²) in [6.45, 7) is 9.59. The minimum Gasteiger partial charge on any atom is -0.457 e. The maximum Gasteiger partial charge on any atom is 0.262 e. The van der Waals surface area contributed by atoms with Gasteiger partial charge >= 0.3 is 0 Å². The van der Waals surface area contributed by atoms with Crippen LogP contribution in [0.5, 0.6) is 11.5 Å². The van der Waals surface area contributed by atoms with Crippen molar-refractivity contribution in [3.05, 3.63) is 103 Å². The lowest BCUT2D eigenvalue weighted by molar-refractivity contribution is -0.125. The number of fused-ring (bicyclic) bond motifs is 2. The number of nitrogen functional groups attached to an aromatic ring is 1. The highest BCUT2D eigenvalue weighted by Crippen LogP contribution is 2.37. The normalized spacial score (nSPS) is 21.3. The standard InChI is InChI=1S/C42H42N10O4/c1-25-7-14-35(40(53)46-25)51-41(54)33-13-10-28(19-34(33)42(51)55)49-22-30(23-49)50-20-29(21-50)48-17-15-27(16-18-48)52-39-36(38(43)44-24-45-39)37(47-52)26-8-11-32(12-9-26)56-31-5-3-2-4-6-31/h2-6,8-13,19,24,27,29-30,35H,1,7,14-18,20-23H2,(H,46,53)(H2,43,44,45). The van der Waals surface area contributed by atoms with Crippen molar-refractivity contribution in [2.75, 3.05) is 49.9 Å². The number of hydrogen-bond acceptors (Lipinski definition) is 11. The first-order chi connectivity index (χ1) is 27.3. The van der Waals surface area contributed by atoms with Crippen LogP contribution in [0, 0.1) is 0 Å². The summed E-state index contributed by atoms with van der Waals surface area (Å²) in [6.07, 6.45) is 4.39. The summed E-state index contributed by atoms with van der Waals surface area (Å²) in [7, 11) is 0. The molecule has 284 valence electrons. The van der Waals surface area contributed by atoms with E-state index in [2.05, 4.69) is 41.2 Å². The number of aromatic nitrogens is 4. The third-order valence-corrected chi connectivity index (χ3v) is 12.2. The van der Waals surface area contributed by atoms with Crippen LogP contribution in [-0.4, -0.2) is 110 Å². The van der Waals surface area contributed by atoms with Gasteiger partial charge in [-0.25, -0.2) is 14.6 Å². The van der Waals surface area contributed by atoms with Crippen molar-refractivity contribution < 1.29 is 19.1 Å². The highest BCUT2D eigenvalue weighted by atomic mass is 16.5. The minimum absolute atomic E-state index is 0.204. The number of allylic oxidation sites excluding steroid dienone is 1. The van der Waals surface area contributed by atoms with E-state index in [0.717, 1.165) is 96.5 Å². The number of carbonyl (C=O) groups excluding carboxylic acids is 3. The van der Waals surface area contributed by atoms with E-state index in [1.54, 1.807) is 6.07 Å². The number of ether oxygens (including phenoxy) is 1. The van der Waals surface area contributed by atoms with Gasteiger partial charge in [-0.1, -0.05) is 24.8 Å². The number of piperidine rings is 2. The Hall–Kier alpha value is -6.12. The molecular formula is C42H42N10O4. The van der Waals surface area contributed by atoms with Crippen LogP contribution in [0.1, 0.15) is 52.4 Å². The zero-order valence-corrected chi connectivity index (χ0v) is 30.9. The second-order valence-electron chi connectivity index (χ2n) is 15.5. The molecule has 0 bridgehead atoms. The zero-order valence-electron chi connectivity index (χ0n) is 30.9. The van der Waals surface area contributed by atoms with Crippen LogP contribution in [0.3, 0.4) is 0 Å². The van der Waals surface area contributed by atoms with Gasteiger partial charge in [0.25, 0.3) is 11.8 Å². The lowest BCUT2D eigenvalue weighted by Gasteiger charge is -2.55. The number of nitrogens with zero attached hydrogens (tertiary/aromatic N) is 8. The van der Waals surface area contributed by atoms with Gasteiger partial charge in [0, 0.05) is 68.3 Å². The maximum absolute atomic E-state index is 13.4. The summed E-state index contributed by atoms with van der Waals surface area (Å²) in [4.78, 5) is 56.6. The molecule has 0 saturated carbocycles. The molecule has 0 aliphatic carbocycles. The van der Waals surface area contributed by atoms with Gasteiger partial charge in [0.15, 0.2) is 5.65 Å². The molecule has 0 spiro atoms. The van der Waals surface area contributed by atoms with Crippen molar-refractivity contribution in [1.29, 1.82) is 0 Å². The van der Waals surface area contributed by atoms with E-state index in [1.807, 2.05) is 66.7 Å². The monoisotopic (exact) mass is 750 g/mol. The van der Waals surface area contributed by atoms with Crippen LogP contribution >= 0.6 is 0 Å². The Morgan fingerprint density at radius 3 is 2.23 bits per heavy atom. The number of imide groups is 1. The van der Waals surface area contributed by atoms with Crippen LogP contribution < -0.4 is 20.7 Å². The average molecular weight is 751 g/mol. The molecule has 14 heteroatoms. The van der Waals surface area contributed by atoms with Gasteiger partial charge in [0.2, 0.25) is 5.91 Å². The Labute approximate surface area is 323 Å². The molecule has 5 aromatic rings. The van der Waals surface area contributed by atoms with Gasteiger partial charge < -0.3 is 20.7 Å². The first-order valence-corrected chi connectivity index (χ1v) is 19.3. The Morgan fingerprint density at radius 2 is 1.48 bits per heavy atom. The molecule has 1 unspecified atom stereocenters. The molecule has 3 amide bonds. The number of benzene rings is 3. The van der Waals surface area contributed by atoms with Crippen LogP contribution in [0.2, 0.25) is 0 Å². The van der Waals surface area contributed by atoms with Crippen molar-refractivity contribution in [2.24, 2.45) is 0 Å². The fourth-order valence-corrected chi connectivity index (χ4v) is 8.90. The molecule has 1 atom stereocenters. The molecule has 2 aromatic heterocycles. The first-order valence-electron chi connectivity index (χ1n) is 19.3. The van der Waals surface area contributed by atoms with Gasteiger partial charge in [-0.2, -0.15) is 5.10 Å². The lowest BCUT2D eigenvalue weighted by Crippen LogP contribution is -2.70. The smallest absolute Gasteiger partial charge is 0.262 e. The molecule has 4 fully saturated rings. The van der Waals surface area contributed by atoms with Crippen LogP contribution in [0.15, 0.2) is 91.4 Å². The number of nitrogens with two attached hydrogens (primary N) is 1. The Bertz CT molecular complexity index is 2380. The number of hydrogen-bond donors (Lipinski definition) is 2. The highest BCUT2D eigenvalue weighted by molar-refractivity contribution is 6.23. The molecule has 0 radical (unpaired) electrons. The molecule has 3 aromatic carbocycles. The predicted molar refractivity (Wildman–Crippen MR) is 210 cm³/mol. The van der Waals surface area contributed by atoms with E-state index in [9.17, 15) is 14.4 Å². The lowest BCUT2D eigenvalue weighted by atomic mass is 9.95. The minimum atomic E-state index is -0.808. The van der Waals surface area contributed by atoms with E-state index >= 15 is 0 Å². The number of anilines is 2. The molecule has 4 saturated heterocycles. The fourth-order valence-electron chi connectivity index (χ4n) is 8.90. The van der Waals surface area contributed by atoms with Crippen LogP contribution in [0.4, 0.5) is 11.5 Å². The third-order valence-electron chi connectivity index (χ3n) is 12.2. The van der Waals surface area contributed by atoms with Gasteiger partial charge in [0.05, 0.1) is 22.6 Å². The van der Waals surface area contributed by atoms with Gasteiger partial charge in [-0.05, 0) is 80.3 Å². The zero-order chi connectivity index (χ0) is 38.1. The number of likely N-dealkylation sites (tertiary alicyclic amines) is 2. The second kappa shape index (κ2) is 13.6. The Kier molecular flexibility index (Phi) is 8.33. The maximum atomic E-state index is 13.4. The fraction of sp³-hybridized carbons (Fsp3) is 0.333. The first kappa shape index (κ1) is 34.4. The van der Waals surface area contributed by atoms with Crippen molar-refractivity contribution in [3.8, 4) is 22.8 Å². The molecule has 7 heterocycles. The van der Waals surface area contributed by atoms with E-state index < -0.39 is 17.9 Å². The van der Waals surface area contributed by atoms with Gasteiger partial charge in [-0.15, -0.1) is 0 Å². The topological polar surface area (TPSA) is 155 Å². The van der Waals surface area contributed by atoms with Crippen molar-refractivity contribution >= 4 is 40.3 Å². The van der Waals surface area contributed by atoms with E-state index in [0.29, 0.717) is 47.6 Å². The molecule has 10 rings (SSSR count).